The monoisotopic (exact) mass is 311 g/mol. The predicted molar refractivity (Wildman–Crippen MR) is 78.6 cm³/mol. The second kappa shape index (κ2) is 6.45. The molecule has 2 heterocycles. The van der Waals surface area contributed by atoms with Crippen molar-refractivity contribution in [3.63, 3.8) is 0 Å². The van der Waals surface area contributed by atoms with E-state index in [1.165, 1.54) is 0 Å². The smallest absolute Gasteiger partial charge is 0.338 e. The minimum atomic E-state index is -0.895. The number of halogens is 1. The summed E-state index contributed by atoms with van der Waals surface area (Å²) in [6.45, 7) is 0. The molecule has 1 aromatic carbocycles. The molecule has 6 heteroatoms. The van der Waals surface area contributed by atoms with Gasteiger partial charge in [-0.15, -0.1) is 12.4 Å². The third-order valence-electron chi connectivity index (χ3n) is 4.18. The van der Waals surface area contributed by atoms with Crippen molar-refractivity contribution in [1.82, 2.24) is 5.32 Å². The number of hydrogen-bond donors (Lipinski definition) is 2. The molecule has 0 aliphatic carbocycles. The SMILES string of the molecule is Cl.O=C(OC1CC2CC[C@@H](N2)C1C(=O)O)c1ccccc1. The summed E-state index contributed by atoms with van der Waals surface area (Å²) >= 11 is 0. The maximum absolute atomic E-state index is 12.1. The van der Waals surface area contributed by atoms with Gasteiger partial charge in [-0.2, -0.15) is 0 Å². The van der Waals surface area contributed by atoms with Crippen LogP contribution in [-0.2, 0) is 9.53 Å². The summed E-state index contributed by atoms with van der Waals surface area (Å²) in [4.78, 5) is 23.5. The minimum Gasteiger partial charge on any atom is -0.481 e. The minimum absolute atomic E-state index is 0. The van der Waals surface area contributed by atoms with Crippen molar-refractivity contribution in [3.8, 4) is 0 Å². The van der Waals surface area contributed by atoms with Crippen molar-refractivity contribution in [2.75, 3.05) is 0 Å². The first-order valence-electron chi connectivity index (χ1n) is 6.90. The molecule has 0 saturated carbocycles. The predicted octanol–water partition coefficient (Wildman–Crippen LogP) is 1.86. The van der Waals surface area contributed by atoms with Crippen molar-refractivity contribution in [1.29, 1.82) is 0 Å². The first kappa shape index (κ1) is 15.8. The van der Waals surface area contributed by atoms with Crippen LogP contribution in [0.25, 0.3) is 0 Å². The van der Waals surface area contributed by atoms with Crippen LogP contribution in [0, 0.1) is 5.92 Å². The van der Waals surface area contributed by atoms with E-state index in [1.54, 1.807) is 24.3 Å². The van der Waals surface area contributed by atoms with Crippen LogP contribution < -0.4 is 5.32 Å². The van der Waals surface area contributed by atoms with E-state index in [0.717, 1.165) is 12.8 Å². The van der Waals surface area contributed by atoms with Gasteiger partial charge in [-0.05, 0) is 25.0 Å². The number of carbonyl (C=O) groups is 2. The lowest BCUT2D eigenvalue weighted by Gasteiger charge is -2.34. The molecule has 0 aromatic heterocycles. The van der Waals surface area contributed by atoms with Gasteiger partial charge in [0, 0.05) is 18.5 Å². The average Bonchev–Trinajstić information content (AvgIpc) is 2.81. The number of carboxylic acids is 1. The highest BCUT2D eigenvalue weighted by molar-refractivity contribution is 5.89. The molecule has 0 amide bonds. The lowest BCUT2D eigenvalue weighted by molar-refractivity contribution is -0.148. The number of fused-ring (bicyclic) bond motifs is 2. The summed E-state index contributed by atoms with van der Waals surface area (Å²) in [5.41, 5.74) is 0.461. The van der Waals surface area contributed by atoms with Crippen molar-refractivity contribution >= 4 is 24.3 Å². The fraction of sp³-hybridized carbons (Fsp3) is 0.467. The van der Waals surface area contributed by atoms with Crippen LogP contribution in [0.3, 0.4) is 0 Å². The van der Waals surface area contributed by atoms with Crippen LogP contribution in [0.4, 0.5) is 0 Å². The molecule has 3 unspecified atom stereocenters. The molecule has 1 aromatic rings. The van der Waals surface area contributed by atoms with Crippen molar-refractivity contribution in [2.45, 2.75) is 37.5 Å². The highest BCUT2D eigenvalue weighted by atomic mass is 35.5. The first-order chi connectivity index (χ1) is 9.65. The summed E-state index contributed by atoms with van der Waals surface area (Å²) in [6.07, 6.45) is 1.82. The van der Waals surface area contributed by atoms with E-state index in [-0.39, 0.29) is 24.5 Å². The van der Waals surface area contributed by atoms with Gasteiger partial charge >= 0.3 is 11.9 Å². The van der Waals surface area contributed by atoms with E-state index >= 15 is 0 Å². The Morgan fingerprint density at radius 3 is 2.57 bits per heavy atom. The summed E-state index contributed by atoms with van der Waals surface area (Å²) in [5, 5.41) is 12.7. The van der Waals surface area contributed by atoms with Crippen LogP contribution in [-0.4, -0.2) is 35.2 Å². The first-order valence-corrected chi connectivity index (χ1v) is 6.90. The largest absolute Gasteiger partial charge is 0.481 e. The molecule has 2 aliphatic rings. The van der Waals surface area contributed by atoms with Gasteiger partial charge in [-0.3, -0.25) is 4.79 Å². The van der Waals surface area contributed by atoms with Crippen LogP contribution >= 0.6 is 12.4 Å². The summed E-state index contributed by atoms with van der Waals surface area (Å²) in [5.74, 6) is -1.99. The van der Waals surface area contributed by atoms with Gasteiger partial charge < -0.3 is 15.2 Å². The summed E-state index contributed by atoms with van der Waals surface area (Å²) in [6, 6.07) is 8.88. The quantitative estimate of drug-likeness (QED) is 0.833. The number of nitrogens with one attached hydrogen (secondary N) is 1. The van der Waals surface area contributed by atoms with Gasteiger partial charge in [0.05, 0.1) is 5.56 Å². The zero-order valence-corrected chi connectivity index (χ0v) is 12.2. The second-order valence-corrected chi connectivity index (χ2v) is 5.46. The van der Waals surface area contributed by atoms with E-state index < -0.39 is 24.0 Å². The number of rotatable bonds is 3. The van der Waals surface area contributed by atoms with E-state index in [9.17, 15) is 14.7 Å². The van der Waals surface area contributed by atoms with Crippen molar-refractivity contribution in [3.05, 3.63) is 35.9 Å². The number of hydrogen-bond acceptors (Lipinski definition) is 4. The molecule has 2 fully saturated rings. The number of carbonyl (C=O) groups excluding carboxylic acids is 1. The number of carboxylic acid groups (broad SMARTS) is 1. The van der Waals surface area contributed by atoms with E-state index in [0.29, 0.717) is 12.0 Å². The Morgan fingerprint density at radius 2 is 1.90 bits per heavy atom. The van der Waals surface area contributed by atoms with Crippen LogP contribution in [0.5, 0.6) is 0 Å². The molecule has 2 saturated heterocycles. The Labute approximate surface area is 129 Å². The normalized spacial score (nSPS) is 30.3. The number of esters is 1. The number of benzene rings is 1. The van der Waals surface area contributed by atoms with Crippen molar-refractivity contribution < 1.29 is 19.4 Å². The number of piperidine rings is 1. The topological polar surface area (TPSA) is 75.6 Å². The number of ether oxygens (including phenoxy) is 1. The summed E-state index contributed by atoms with van der Waals surface area (Å²) in [7, 11) is 0. The lowest BCUT2D eigenvalue weighted by atomic mass is 9.89. The molecule has 2 aliphatic heterocycles. The Hall–Kier alpha value is -1.59. The highest BCUT2D eigenvalue weighted by Gasteiger charge is 2.47. The van der Waals surface area contributed by atoms with E-state index in [4.69, 9.17) is 4.74 Å². The van der Waals surface area contributed by atoms with E-state index in [2.05, 4.69) is 5.32 Å². The molecule has 2 N–H and O–H groups in total. The highest BCUT2D eigenvalue weighted by Crippen LogP contribution is 2.34. The Morgan fingerprint density at radius 1 is 1.19 bits per heavy atom. The maximum Gasteiger partial charge on any atom is 0.338 e. The molecule has 0 radical (unpaired) electrons. The fourth-order valence-corrected chi connectivity index (χ4v) is 3.24. The lowest BCUT2D eigenvalue weighted by Crippen LogP contribution is -2.52. The van der Waals surface area contributed by atoms with Gasteiger partial charge in [-0.1, -0.05) is 18.2 Å². The maximum atomic E-state index is 12.1. The molecule has 2 bridgehead atoms. The van der Waals surface area contributed by atoms with Crippen LogP contribution in [0.15, 0.2) is 30.3 Å². The average molecular weight is 312 g/mol. The Kier molecular flexibility index (Phi) is 4.85. The summed E-state index contributed by atoms with van der Waals surface area (Å²) < 4.78 is 5.47. The molecular formula is C15H18ClNO4. The van der Waals surface area contributed by atoms with Crippen LogP contribution in [0.2, 0.25) is 0 Å². The Bertz CT molecular complexity index is 522. The van der Waals surface area contributed by atoms with Gasteiger partial charge in [-0.25, -0.2) is 4.79 Å². The Balaban J connectivity index is 0.00000161. The van der Waals surface area contributed by atoms with Gasteiger partial charge in [0.1, 0.15) is 12.0 Å². The molecule has 0 spiro atoms. The van der Waals surface area contributed by atoms with Gasteiger partial charge in [0.25, 0.3) is 0 Å². The molecule has 21 heavy (non-hydrogen) atoms. The third kappa shape index (κ3) is 3.19. The third-order valence-corrected chi connectivity index (χ3v) is 4.18. The molecule has 4 atom stereocenters. The zero-order chi connectivity index (χ0) is 14.1. The molecular weight excluding hydrogens is 294 g/mol. The standard InChI is InChI=1S/C15H17NO4.ClH/c17-14(18)13-11-7-6-10(16-11)8-12(13)20-15(19)9-4-2-1-3-5-9;/h1-5,10-13,16H,6-8H2,(H,17,18);1H/t10?,11-,12?,13?;/m1./s1. The van der Waals surface area contributed by atoms with Crippen LogP contribution in [0.1, 0.15) is 29.6 Å². The fourth-order valence-electron chi connectivity index (χ4n) is 3.24. The van der Waals surface area contributed by atoms with Gasteiger partial charge in [0.15, 0.2) is 0 Å². The van der Waals surface area contributed by atoms with Crippen molar-refractivity contribution in [2.24, 2.45) is 5.92 Å². The second-order valence-electron chi connectivity index (χ2n) is 5.46. The van der Waals surface area contributed by atoms with E-state index in [1.807, 2.05) is 6.07 Å². The van der Waals surface area contributed by atoms with Gasteiger partial charge in [0.2, 0.25) is 0 Å². The number of aliphatic carboxylic acids is 1. The molecule has 3 rings (SSSR count). The zero-order valence-electron chi connectivity index (χ0n) is 11.4. The molecule has 114 valence electrons. The molecule has 5 nitrogen and oxygen atoms in total.